The number of hydrogen-bond donors (Lipinski definition) is 1. The van der Waals surface area contributed by atoms with Gasteiger partial charge in [0.2, 0.25) is 0 Å². The van der Waals surface area contributed by atoms with Crippen LogP contribution >= 0.6 is 0 Å². The number of nitrogens with zero attached hydrogens (tertiary/aromatic N) is 1. The predicted molar refractivity (Wildman–Crippen MR) is 82.3 cm³/mol. The molecule has 0 aliphatic carbocycles. The number of rotatable bonds is 5. The Balaban J connectivity index is 2.17. The minimum Gasteiger partial charge on any atom is -0.307 e. The largest absolute Gasteiger partial charge is 0.307 e. The Morgan fingerprint density at radius 3 is 2.58 bits per heavy atom. The van der Waals surface area contributed by atoms with E-state index in [1.807, 2.05) is 6.08 Å². The van der Waals surface area contributed by atoms with Gasteiger partial charge in [0.1, 0.15) is 0 Å². The van der Waals surface area contributed by atoms with Gasteiger partial charge in [0.15, 0.2) is 0 Å². The molecular formula is C17H26N2. The van der Waals surface area contributed by atoms with Crippen LogP contribution in [0.3, 0.4) is 0 Å². The van der Waals surface area contributed by atoms with E-state index in [-0.39, 0.29) is 0 Å². The summed E-state index contributed by atoms with van der Waals surface area (Å²) in [5.74, 6) is 0. The Hall–Kier alpha value is -1.12. The van der Waals surface area contributed by atoms with Gasteiger partial charge in [-0.05, 0) is 18.4 Å². The molecule has 19 heavy (non-hydrogen) atoms. The molecule has 1 aliphatic heterocycles. The Bertz CT molecular complexity index is 395. The highest BCUT2D eigenvalue weighted by molar-refractivity contribution is 5.21. The third kappa shape index (κ3) is 2.90. The van der Waals surface area contributed by atoms with Crippen molar-refractivity contribution in [1.82, 2.24) is 10.2 Å². The molecule has 0 radical (unpaired) electrons. The van der Waals surface area contributed by atoms with Gasteiger partial charge in [-0.25, -0.2) is 0 Å². The standard InChI is InChI=1S/C17H26N2/c1-4-12-19-13-16(15-10-8-7-9-11-15)18-14-17(19,5-2)6-3/h4,7-11,16,18H,1,5-6,12-14H2,2-3H3. The van der Waals surface area contributed by atoms with E-state index < -0.39 is 0 Å². The summed E-state index contributed by atoms with van der Waals surface area (Å²) in [6, 6.07) is 11.2. The summed E-state index contributed by atoms with van der Waals surface area (Å²) in [6.07, 6.45) is 4.41. The molecule has 1 atom stereocenters. The molecule has 1 unspecified atom stereocenters. The molecule has 104 valence electrons. The fraction of sp³-hybridized carbons (Fsp3) is 0.529. The third-order valence-corrected chi connectivity index (χ3v) is 4.62. The van der Waals surface area contributed by atoms with Crippen LogP contribution in [-0.4, -0.2) is 30.1 Å². The average Bonchev–Trinajstić information content (AvgIpc) is 2.49. The molecule has 0 amide bonds. The van der Waals surface area contributed by atoms with Gasteiger partial charge in [-0.1, -0.05) is 50.3 Å². The first-order valence-corrected chi connectivity index (χ1v) is 7.40. The van der Waals surface area contributed by atoms with E-state index in [1.165, 1.54) is 18.4 Å². The lowest BCUT2D eigenvalue weighted by atomic mass is 9.86. The number of piperazine rings is 1. The molecule has 1 aromatic carbocycles. The van der Waals surface area contributed by atoms with Crippen molar-refractivity contribution in [1.29, 1.82) is 0 Å². The number of nitrogens with one attached hydrogen (secondary N) is 1. The summed E-state index contributed by atoms with van der Waals surface area (Å²) in [5.41, 5.74) is 1.68. The number of hydrogen-bond acceptors (Lipinski definition) is 2. The summed E-state index contributed by atoms with van der Waals surface area (Å²) in [5, 5.41) is 3.74. The van der Waals surface area contributed by atoms with E-state index >= 15 is 0 Å². The quantitative estimate of drug-likeness (QED) is 0.815. The summed E-state index contributed by atoms with van der Waals surface area (Å²) in [6.45, 7) is 11.6. The topological polar surface area (TPSA) is 15.3 Å². The molecule has 1 N–H and O–H groups in total. The van der Waals surface area contributed by atoms with Gasteiger partial charge in [-0.3, -0.25) is 4.90 Å². The Morgan fingerprint density at radius 2 is 2.00 bits per heavy atom. The Morgan fingerprint density at radius 1 is 1.32 bits per heavy atom. The van der Waals surface area contributed by atoms with Crippen LogP contribution in [-0.2, 0) is 0 Å². The molecule has 1 heterocycles. The molecular weight excluding hydrogens is 232 g/mol. The van der Waals surface area contributed by atoms with Crippen molar-refractivity contribution < 1.29 is 0 Å². The van der Waals surface area contributed by atoms with E-state index in [1.54, 1.807) is 0 Å². The molecule has 2 rings (SSSR count). The summed E-state index contributed by atoms with van der Waals surface area (Å²) < 4.78 is 0. The first-order valence-electron chi connectivity index (χ1n) is 7.40. The van der Waals surface area contributed by atoms with E-state index in [0.29, 0.717) is 11.6 Å². The minimum absolute atomic E-state index is 0.291. The van der Waals surface area contributed by atoms with Crippen LogP contribution in [0.1, 0.15) is 38.3 Å². The fourth-order valence-corrected chi connectivity index (χ4v) is 3.18. The van der Waals surface area contributed by atoms with Crippen LogP contribution in [0.4, 0.5) is 0 Å². The van der Waals surface area contributed by atoms with Gasteiger partial charge in [0, 0.05) is 31.2 Å². The van der Waals surface area contributed by atoms with Crippen LogP contribution in [0.5, 0.6) is 0 Å². The maximum atomic E-state index is 3.92. The first kappa shape index (κ1) is 14.3. The second-order valence-corrected chi connectivity index (χ2v) is 5.47. The van der Waals surface area contributed by atoms with Crippen LogP contribution in [0.15, 0.2) is 43.0 Å². The van der Waals surface area contributed by atoms with E-state index in [4.69, 9.17) is 0 Å². The van der Waals surface area contributed by atoms with E-state index in [2.05, 4.69) is 61.0 Å². The van der Waals surface area contributed by atoms with Crippen molar-refractivity contribution in [3.8, 4) is 0 Å². The lowest BCUT2D eigenvalue weighted by molar-refractivity contribution is 0.0420. The van der Waals surface area contributed by atoms with Crippen molar-refractivity contribution in [2.75, 3.05) is 19.6 Å². The zero-order valence-corrected chi connectivity index (χ0v) is 12.2. The zero-order chi connectivity index (χ0) is 13.7. The van der Waals surface area contributed by atoms with Gasteiger partial charge in [0.25, 0.3) is 0 Å². The fourth-order valence-electron chi connectivity index (χ4n) is 3.18. The van der Waals surface area contributed by atoms with Crippen LogP contribution < -0.4 is 5.32 Å². The molecule has 1 aromatic rings. The molecule has 0 aromatic heterocycles. The van der Waals surface area contributed by atoms with Crippen molar-refractivity contribution in [3.05, 3.63) is 48.6 Å². The van der Waals surface area contributed by atoms with Gasteiger partial charge in [-0.2, -0.15) is 0 Å². The summed E-state index contributed by atoms with van der Waals surface area (Å²) >= 11 is 0. The van der Waals surface area contributed by atoms with Crippen molar-refractivity contribution in [2.24, 2.45) is 0 Å². The molecule has 1 aliphatic rings. The lowest BCUT2D eigenvalue weighted by Gasteiger charge is -2.49. The van der Waals surface area contributed by atoms with Crippen molar-refractivity contribution >= 4 is 0 Å². The highest BCUT2D eigenvalue weighted by Crippen LogP contribution is 2.31. The van der Waals surface area contributed by atoms with E-state index in [9.17, 15) is 0 Å². The SMILES string of the molecule is C=CCN1CC(c2ccccc2)NCC1(CC)CC. The van der Waals surface area contributed by atoms with Crippen molar-refractivity contribution in [3.63, 3.8) is 0 Å². The number of benzene rings is 1. The van der Waals surface area contributed by atoms with Crippen LogP contribution in [0.25, 0.3) is 0 Å². The predicted octanol–water partition coefficient (Wildman–Crippen LogP) is 3.38. The molecule has 2 nitrogen and oxygen atoms in total. The molecule has 0 bridgehead atoms. The van der Waals surface area contributed by atoms with Gasteiger partial charge in [0.05, 0.1) is 0 Å². The minimum atomic E-state index is 0.291. The van der Waals surface area contributed by atoms with Crippen LogP contribution in [0, 0.1) is 0 Å². The van der Waals surface area contributed by atoms with Crippen LogP contribution in [0.2, 0.25) is 0 Å². The molecule has 0 saturated carbocycles. The smallest absolute Gasteiger partial charge is 0.0450 e. The van der Waals surface area contributed by atoms with Crippen molar-refractivity contribution in [2.45, 2.75) is 38.3 Å². The second-order valence-electron chi connectivity index (χ2n) is 5.47. The second kappa shape index (κ2) is 6.36. The highest BCUT2D eigenvalue weighted by atomic mass is 15.3. The molecule has 0 spiro atoms. The third-order valence-electron chi connectivity index (χ3n) is 4.62. The monoisotopic (exact) mass is 258 g/mol. The summed E-state index contributed by atoms with van der Waals surface area (Å²) in [4.78, 5) is 2.61. The highest BCUT2D eigenvalue weighted by Gasteiger charge is 2.38. The zero-order valence-electron chi connectivity index (χ0n) is 12.2. The first-order chi connectivity index (χ1) is 9.25. The van der Waals surface area contributed by atoms with Gasteiger partial charge >= 0.3 is 0 Å². The maximum absolute atomic E-state index is 3.92. The Labute approximate surface area is 117 Å². The summed E-state index contributed by atoms with van der Waals surface area (Å²) in [7, 11) is 0. The van der Waals surface area contributed by atoms with Gasteiger partial charge in [-0.15, -0.1) is 6.58 Å². The average molecular weight is 258 g/mol. The molecule has 2 heteroatoms. The Kier molecular flexibility index (Phi) is 4.78. The molecule has 1 saturated heterocycles. The maximum Gasteiger partial charge on any atom is 0.0450 e. The van der Waals surface area contributed by atoms with E-state index in [0.717, 1.165) is 19.6 Å². The molecule has 1 fully saturated rings. The van der Waals surface area contributed by atoms with Gasteiger partial charge < -0.3 is 5.32 Å². The normalized spacial score (nSPS) is 23.2. The lowest BCUT2D eigenvalue weighted by Crippen LogP contribution is -2.61.